The van der Waals surface area contributed by atoms with E-state index < -0.39 is 6.10 Å². The van der Waals surface area contributed by atoms with Crippen LogP contribution in [-0.4, -0.2) is 18.6 Å². The van der Waals surface area contributed by atoms with Crippen molar-refractivity contribution in [3.63, 3.8) is 0 Å². The summed E-state index contributed by atoms with van der Waals surface area (Å²) in [5, 5.41) is 3.47. The second kappa shape index (κ2) is 8.99. The molecule has 0 bridgehead atoms. The van der Waals surface area contributed by atoms with Gasteiger partial charge in [0.2, 0.25) is 0 Å². The van der Waals surface area contributed by atoms with Crippen molar-refractivity contribution in [1.29, 1.82) is 0 Å². The molecule has 0 radical (unpaired) electrons. The number of nitrogens with one attached hydrogen (secondary N) is 1. The summed E-state index contributed by atoms with van der Waals surface area (Å²) in [4.78, 5) is 12.4. The van der Waals surface area contributed by atoms with Crippen molar-refractivity contribution in [3.8, 4) is 11.5 Å². The maximum Gasteiger partial charge on any atom is 0.265 e. The highest BCUT2D eigenvalue weighted by molar-refractivity contribution is 6.30. The molecule has 2 rings (SSSR count). The summed E-state index contributed by atoms with van der Waals surface area (Å²) >= 11 is 5.85. The Morgan fingerprint density at radius 2 is 1.79 bits per heavy atom. The van der Waals surface area contributed by atoms with Crippen molar-refractivity contribution < 1.29 is 14.3 Å². The Kier molecular flexibility index (Phi) is 6.70. The maximum absolute atomic E-state index is 12.4. The summed E-state index contributed by atoms with van der Waals surface area (Å²) in [6, 6.07) is 14.1. The number of hydrogen-bond donors (Lipinski definition) is 1. The second-order valence-electron chi connectivity index (χ2n) is 5.08. The third-order valence-electron chi connectivity index (χ3n) is 3.24. The van der Waals surface area contributed by atoms with E-state index in [9.17, 15) is 4.79 Å². The lowest BCUT2D eigenvalue weighted by atomic mass is 10.2. The number of hydrogen-bond acceptors (Lipinski definition) is 3. The van der Waals surface area contributed by atoms with E-state index in [1.807, 2.05) is 6.92 Å². The SMILES string of the molecule is C=CCOc1ccc(NC(=O)[C@H](CC)Oc2ccc(Cl)cc2)cc1. The predicted octanol–water partition coefficient (Wildman–Crippen LogP) is 4.70. The van der Waals surface area contributed by atoms with Crippen LogP contribution >= 0.6 is 11.6 Å². The van der Waals surface area contributed by atoms with Gasteiger partial charge in [0, 0.05) is 10.7 Å². The van der Waals surface area contributed by atoms with Gasteiger partial charge in [-0.15, -0.1) is 0 Å². The molecule has 0 saturated carbocycles. The van der Waals surface area contributed by atoms with Crippen molar-refractivity contribution in [2.75, 3.05) is 11.9 Å². The first kappa shape index (κ1) is 17.9. The summed E-state index contributed by atoms with van der Waals surface area (Å²) in [7, 11) is 0. The zero-order chi connectivity index (χ0) is 17.4. The third-order valence-corrected chi connectivity index (χ3v) is 3.50. The first-order chi connectivity index (χ1) is 11.6. The number of amides is 1. The standard InChI is InChI=1S/C19H20ClNO3/c1-3-13-23-16-11-7-15(8-12-16)21-19(22)18(4-2)24-17-9-5-14(20)6-10-17/h3,5-12,18H,1,4,13H2,2H3,(H,21,22)/t18-/m0/s1. The van der Waals surface area contributed by atoms with E-state index >= 15 is 0 Å². The number of rotatable bonds is 8. The molecule has 4 nitrogen and oxygen atoms in total. The van der Waals surface area contributed by atoms with Crippen LogP contribution in [0.15, 0.2) is 61.2 Å². The molecule has 0 spiro atoms. The predicted molar refractivity (Wildman–Crippen MR) is 96.9 cm³/mol. The highest BCUT2D eigenvalue weighted by Gasteiger charge is 2.18. The molecule has 0 aliphatic carbocycles. The van der Waals surface area contributed by atoms with Crippen molar-refractivity contribution in [1.82, 2.24) is 0 Å². The van der Waals surface area contributed by atoms with Gasteiger partial charge < -0.3 is 14.8 Å². The number of carbonyl (C=O) groups excluding carboxylic acids is 1. The zero-order valence-corrected chi connectivity index (χ0v) is 14.3. The zero-order valence-electron chi connectivity index (χ0n) is 13.5. The summed E-state index contributed by atoms with van der Waals surface area (Å²) in [6.07, 6.45) is 1.65. The Hall–Kier alpha value is -2.46. The number of benzene rings is 2. The van der Waals surface area contributed by atoms with E-state index in [0.29, 0.717) is 29.5 Å². The quantitative estimate of drug-likeness (QED) is 0.705. The molecule has 0 fully saturated rings. The van der Waals surface area contributed by atoms with Crippen LogP contribution in [0.5, 0.6) is 11.5 Å². The van der Waals surface area contributed by atoms with Gasteiger partial charge in [-0.2, -0.15) is 0 Å². The van der Waals surface area contributed by atoms with Gasteiger partial charge in [-0.25, -0.2) is 0 Å². The first-order valence-corrected chi connectivity index (χ1v) is 8.07. The number of ether oxygens (including phenoxy) is 2. The highest BCUT2D eigenvalue weighted by Crippen LogP contribution is 2.19. The minimum atomic E-state index is -0.581. The lowest BCUT2D eigenvalue weighted by molar-refractivity contribution is -0.122. The molecule has 1 N–H and O–H groups in total. The molecule has 0 heterocycles. The summed E-state index contributed by atoms with van der Waals surface area (Å²) in [6.45, 7) is 5.94. The Bertz CT molecular complexity index is 668. The summed E-state index contributed by atoms with van der Waals surface area (Å²) in [5.74, 6) is 1.12. The van der Waals surface area contributed by atoms with Crippen LogP contribution in [0.4, 0.5) is 5.69 Å². The molecular formula is C19H20ClNO3. The molecule has 5 heteroatoms. The van der Waals surface area contributed by atoms with Crippen LogP contribution in [0.3, 0.4) is 0 Å². The smallest absolute Gasteiger partial charge is 0.265 e. The Labute approximate surface area is 147 Å². The van der Waals surface area contributed by atoms with Crippen LogP contribution < -0.4 is 14.8 Å². The molecule has 0 aliphatic heterocycles. The molecule has 2 aromatic carbocycles. The normalized spacial score (nSPS) is 11.4. The van der Waals surface area contributed by atoms with Gasteiger partial charge in [0.05, 0.1) is 0 Å². The molecule has 2 aromatic rings. The van der Waals surface area contributed by atoms with Gasteiger partial charge in [-0.1, -0.05) is 31.2 Å². The molecule has 0 aliphatic rings. The van der Waals surface area contributed by atoms with E-state index in [0.717, 1.165) is 5.75 Å². The van der Waals surface area contributed by atoms with Gasteiger partial charge in [0.1, 0.15) is 18.1 Å². The van der Waals surface area contributed by atoms with Gasteiger partial charge in [0.25, 0.3) is 5.91 Å². The van der Waals surface area contributed by atoms with Crippen molar-refractivity contribution >= 4 is 23.2 Å². The van der Waals surface area contributed by atoms with Crippen molar-refractivity contribution in [3.05, 3.63) is 66.2 Å². The molecule has 1 atom stereocenters. The van der Waals surface area contributed by atoms with Crippen molar-refractivity contribution in [2.45, 2.75) is 19.4 Å². The second-order valence-corrected chi connectivity index (χ2v) is 5.52. The largest absolute Gasteiger partial charge is 0.490 e. The molecule has 0 unspecified atom stereocenters. The molecule has 126 valence electrons. The van der Waals surface area contributed by atoms with Gasteiger partial charge in [-0.05, 0) is 55.0 Å². The third kappa shape index (κ3) is 5.32. The van der Waals surface area contributed by atoms with Crippen LogP contribution in [0, 0.1) is 0 Å². The maximum atomic E-state index is 12.4. The Morgan fingerprint density at radius 3 is 2.38 bits per heavy atom. The fourth-order valence-electron chi connectivity index (χ4n) is 2.01. The Balaban J connectivity index is 1.95. The number of carbonyl (C=O) groups is 1. The first-order valence-electron chi connectivity index (χ1n) is 7.69. The average molecular weight is 346 g/mol. The van der Waals surface area contributed by atoms with Crippen LogP contribution in [0.1, 0.15) is 13.3 Å². The molecular weight excluding hydrogens is 326 g/mol. The van der Waals surface area contributed by atoms with E-state index in [1.165, 1.54) is 0 Å². The fraction of sp³-hybridized carbons (Fsp3) is 0.211. The van der Waals surface area contributed by atoms with Gasteiger partial charge in [-0.3, -0.25) is 4.79 Å². The fourth-order valence-corrected chi connectivity index (χ4v) is 2.14. The minimum Gasteiger partial charge on any atom is -0.490 e. The van der Waals surface area contributed by atoms with Crippen LogP contribution in [0.2, 0.25) is 5.02 Å². The highest BCUT2D eigenvalue weighted by atomic mass is 35.5. The Morgan fingerprint density at radius 1 is 1.17 bits per heavy atom. The lowest BCUT2D eigenvalue weighted by Gasteiger charge is -2.17. The molecule has 0 aromatic heterocycles. The summed E-state index contributed by atoms with van der Waals surface area (Å²) in [5.41, 5.74) is 0.684. The number of halogens is 1. The molecule has 0 saturated heterocycles. The van der Waals surface area contributed by atoms with Crippen molar-refractivity contribution in [2.24, 2.45) is 0 Å². The van der Waals surface area contributed by atoms with Crippen LogP contribution in [-0.2, 0) is 4.79 Å². The monoisotopic (exact) mass is 345 g/mol. The van der Waals surface area contributed by atoms with E-state index in [-0.39, 0.29) is 5.91 Å². The average Bonchev–Trinajstić information content (AvgIpc) is 2.60. The van der Waals surface area contributed by atoms with E-state index in [2.05, 4.69) is 11.9 Å². The topological polar surface area (TPSA) is 47.6 Å². The van der Waals surface area contributed by atoms with E-state index in [1.54, 1.807) is 54.6 Å². The van der Waals surface area contributed by atoms with Gasteiger partial charge >= 0.3 is 0 Å². The molecule has 24 heavy (non-hydrogen) atoms. The minimum absolute atomic E-state index is 0.202. The lowest BCUT2D eigenvalue weighted by Crippen LogP contribution is -2.32. The van der Waals surface area contributed by atoms with E-state index in [4.69, 9.17) is 21.1 Å². The van der Waals surface area contributed by atoms with Gasteiger partial charge in [0.15, 0.2) is 6.10 Å². The number of anilines is 1. The summed E-state index contributed by atoms with van der Waals surface area (Å²) < 4.78 is 11.1. The molecule has 1 amide bonds. The van der Waals surface area contributed by atoms with Crippen LogP contribution in [0.25, 0.3) is 0 Å².